The molecule has 0 spiro atoms. The fourth-order valence-electron chi connectivity index (χ4n) is 1.78. The second kappa shape index (κ2) is 6.38. The second-order valence-electron chi connectivity index (χ2n) is 4.44. The van der Waals surface area contributed by atoms with Gasteiger partial charge in [0.05, 0.1) is 6.10 Å². The zero-order chi connectivity index (χ0) is 10.4. The Labute approximate surface area is 87.6 Å². The van der Waals surface area contributed by atoms with Crippen LogP contribution < -0.4 is 10.6 Å². The summed E-state index contributed by atoms with van der Waals surface area (Å²) >= 11 is 0. The standard InChI is InChI=1S/C11H24N2O/c1-9(2)13-6-5-12-8-11-4-7-14-10(11)3/h9-13H,4-8H2,1-3H3. The lowest BCUT2D eigenvalue weighted by molar-refractivity contribution is 0.105. The molecule has 0 bridgehead atoms. The summed E-state index contributed by atoms with van der Waals surface area (Å²) in [5.41, 5.74) is 0. The summed E-state index contributed by atoms with van der Waals surface area (Å²) in [5.74, 6) is 0.717. The first-order valence-electron chi connectivity index (χ1n) is 5.76. The van der Waals surface area contributed by atoms with E-state index in [0.29, 0.717) is 18.1 Å². The molecule has 1 saturated heterocycles. The Balaban J connectivity index is 1.93. The normalized spacial score (nSPS) is 27.4. The number of hydrogen-bond acceptors (Lipinski definition) is 3. The number of rotatable bonds is 6. The molecule has 1 aliphatic heterocycles. The quantitative estimate of drug-likeness (QED) is 0.628. The highest BCUT2D eigenvalue weighted by atomic mass is 16.5. The zero-order valence-electron chi connectivity index (χ0n) is 9.68. The van der Waals surface area contributed by atoms with Crippen LogP contribution in [0.2, 0.25) is 0 Å². The van der Waals surface area contributed by atoms with Gasteiger partial charge in [0.25, 0.3) is 0 Å². The SMILES string of the molecule is CC(C)NCCNCC1CCOC1C. The van der Waals surface area contributed by atoms with Gasteiger partial charge in [-0.15, -0.1) is 0 Å². The Morgan fingerprint density at radius 3 is 2.71 bits per heavy atom. The van der Waals surface area contributed by atoms with E-state index in [4.69, 9.17) is 4.74 Å². The largest absolute Gasteiger partial charge is 0.378 e. The maximum absolute atomic E-state index is 5.51. The molecule has 0 aromatic carbocycles. The van der Waals surface area contributed by atoms with Crippen molar-refractivity contribution in [3.05, 3.63) is 0 Å². The highest BCUT2D eigenvalue weighted by Gasteiger charge is 2.23. The van der Waals surface area contributed by atoms with E-state index in [9.17, 15) is 0 Å². The second-order valence-corrected chi connectivity index (χ2v) is 4.44. The van der Waals surface area contributed by atoms with Gasteiger partial charge in [0.15, 0.2) is 0 Å². The van der Waals surface area contributed by atoms with Crippen molar-refractivity contribution >= 4 is 0 Å². The molecule has 0 aromatic rings. The number of ether oxygens (including phenoxy) is 1. The molecule has 14 heavy (non-hydrogen) atoms. The minimum absolute atomic E-state index is 0.445. The Hall–Kier alpha value is -0.120. The van der Waals surface area contributed by atoms with Gasteiger partial charge in [0.1, 0.15) is 0 Å². The number of hydrogen-bond donors (Lipinski definition) is 2. The Kier molecular flexibility index (Phi) is 5.45. The molecule has 0 aromatic heterocycles. The molecular weight excluding hydrogens is 176 g/mol. The summed E-state index contributed by atoms with van der Waals surface area (Å²) in [5, 5.41) is 6.86. The van der Waals surface area contributed by atoms with Crippen LogP contribution in [-0.2, 0) is 4.74 Å². The van der Waals surface area contributed by atoms with Gasteiger partial charge in [-0.2, -0.15) is 0 Å². The molecule has 1 rings (SSSR count). The third-order valence-corrected chi connectivity index (χ3v) is 2.79. The summed E-state index contributed by atoms with van der Waals surface area (Å²) in [4.78, 5) is 0. The lowest BCUT2D eigenvalue weighted by atomic mass is 10.0. The molecular formula is C11H24N2O. The van der Waals surface area contributed by atoms with Gasteiger partial charge in [-0.25, -0.2) is 0 Å². The van der Waals surface area contributed by atoms with E-state index >= 15 is 0 Å². The zero-order valence-corrected chi connectivity index (χ0v) is 9.68. The third kappa shape index (κ3) is 4.40. The summed E-state index contributed by atoms with van der Waals surface area (Å²) in [6.07, 6.45) is 1.66. The van der Waals surface area contributed by atoms with Gasteiger partial charge < -0.3 is 15.4 Å². The molecule has 2 unspecified atom stereocenters. The van der Waals surface area contributed by atoms with Crippen molar-refractivity contribution in [2.75, 3.05) is 26.2 Å². The van der Waals surface area contributed by atoms with Crippen molar-refractivity contribution in [1.82, 2.24) is 10.6 Å². The molecule has 0 radical (unpaired) electrons. The van der Waals surface area contributed by atoms with Crippen LogP contribution in [0.25, 0.3) is 0 Å². The van der Waals surface area contributed by atoms with Crippen LogP contribution in [0, 0.1) is 5.92 Å². The predicted octanol–water partition coefficient (Wildman–Crippen LogP) is 0.999. The maximum Gasteiger partial charge on any atom is 0.0588 e. The van der Waals surface area contributed by atoms with Gasteiger partial charge in [-0.05, 0) is 19.3 Å². The van der Waals surface area contributed by atoms with Crippen LogP contribution in [-0.4, -0.2) is 38.4 Å². The van der Waals surface area contributed by atoms with Gasteiger partial charge in [-0.1, -0.05) is 13.8 Å². The Bertz CT molecular complexity index is 150. The fourth-order valence-corrected chi connectivity index (χ4v) is 1.78. The van der Waals surface area contributed by atoms with Crippen molar-refractivity contribution in [3.63, 3.8) is 0 Å². The Morgan fingerprint density at radius 2 is 2.14 bits per heavy atom. The van der Waals surface area contributed by atoms with Crippen LogP contribution in [0.4, 0.5) is 0 Å². The predicted molar refractivity (Wildman–Crippen MR) is 59.5 cm³/mol. The molecule has 3 nitrogen and oxygen atoms in total. The molecule has 0 amide bonds. The van der Waals surface area contributed by atoms with Crippen LogP contribution in [0.15, 0.2) is 0 Å². The molecule has 84 valence electrons. The summed E-state index contributed by atoms with van der Waals surface area (Å²) < 4.78 is 5.51. The van der Waals surface area contributed by atoms with Crippen LogP contribution >= 0.6 is 0 Å². The first-order valence-corrected chi connectivity index (χ1v) is 5.76. The number of nitrogens with one attached hydrogen (secondary N) is 2. The van der Waals surface area contributed by atoms with Gasteiger partial charge in [-0.3, -0.25) is 0 Å². The van der Waals surface area contributed by atoms with Crippen molar-refractivity contribution in [2.24, 2.45) is 5.92 Å². The first kappa shape index (κ1) is 12.0. The lowest BCUT2D eigenvalue weighted by Gasteiger charge is -2.15. The Morgan fingerprint density at radius 1 is 1.36 bits per heavy atom. The van der Waals surface area contributed by atoms with E-state index in [2.05, 4.69) is 31.4 Å². The fraction of sp³-hybridized carbons (Fsp3) is 1.00. The topological polar surface area (TPSA) is 33.3 Å². The summed E-state index contributed by atoms with van der Waals surface area (Å²) in [6, 6.07) is 0.588. The van der Waals surface area contributed by atoms with Crippen molar-refractivity contribution < 1.29 is 4.74 Å². The summed E-state index contributed by atoms with van der Waals surface area (Å²) in [6.45, 7) is 10.7. The highest BCUT2D eigenvalue weighted by molar-refractivity contribution is 4.74. The highest BCUT2D eigenvalue weighted by Crippen LogP contribution is 2.18. The molecule has 3 heteroatoms. The first-order chi connectivity index (χ1) is 6.70. The van der Waals surface area contributed by atoms with Gasteiger partial charge in [0, 0.05) is 32.3 Å². The van der Waals surface area contributed by atoms with E-state index in [-0.39, 0.29) is 0 Å². The molecule has 0 aliphatic carbocycles. The van der Waals surface area contributed by atoms with Crippen LogP contribution in [0.3, 0.4) is 0 Å². The average molecular weight is 200 g/mol. The minimum atomic E-state index is 0.445. The van der Waals surface area contributed by atoms with Crippen LogP contribution in [0.5, 0.6) is 0 Å². The lowest BCUT2D eigenvalue weighted by Crippen LogP contribution is -2.35. The maximum atomic E-state index is 5.51. The van der Waals surface area contributed by atoms with E-state index in [1.165, 1.54) is 6.42 Å². The monoisotopic (exact) mass is 200 g/mol. The summed E-state index contributed by atoms with van der Waals surface area (Å²) in [7, 11) is 0. The van der Waals surface area contributed by atoms with Gasteiger partial charge in [0.2, 0.25) is 0 Å². The van der Waals surface area contributed by atoms with E-state index in [1.807, 2.05) is 0 Å². The van der Waals surface area contributed by atoms with E-state index < -0.39 is 0 Å². The van der Waals surface area contributed by atoms with Crippen molar-refractivity contribution in [3.8, 4) is 0 Å². The average Bonchev–Trinajstić information content (AvgIpc) is 2.51. The van der Waals surface area contributed by atoms with Gasteiger partial charge >= 0.3 is 0 Å². The van der Waals surface area contributed by atoms with Crippen molar-refractivity contribution in [2.45, 2.75) is 39.3 Å². The minimum Gasteiger partial charge on any atom is -0.378 e. The third-order valence-electron chi connectivity index (χ3n) is 2.79. The molecule has 2 N–H and O–H groups in total. The molecule has 0 saturated carbocycles. The van der Waals surface area contributed by atoms with Crippen molar-refractivity contribution in [1.29, 1.82) is 0 Å². The van der Waals surface area contributed by atoms with E-state index in [1.54, 1.807) is 0 Å². The van der Waals surface area contributed by atoms with E-state index in [0.717, 1.165) is 26.2 Å². The molecule has 1 heterocycles. The smallest absolute Gasteiger partial charge is 0.0588 e. The molecule has 2 atom stereocenters. The molecule has 1 fully saturated rings. The van der Waals surface area contributed by atoms with Crippen LogP contribution in [0.1, 0.15) is 27.2 Å². The molecule has 1 aliphatic rings.